The van der Waals surface area contributed by atoms with Crippen LogP contribution in [0, 0.1) is 11.3 Å². The third kappa shape index (κ3) is 2.77. The summed E-state index contributed by atoms with van der Waals surface area (Å²) < 4.78 is 0. The fourth-order valence-electron chi connectivity index (χ4n) is 2.18. The monoisotopic (exact) mass is 245 g/mol. The van der Waals surface area contributed by atoms with E-state index < -0.39 is 0 Å². The van der Waals surface area contributed by atoms with Gasteiger partial charge in [0, 0.05) is 38.4 Å². The topological polar surface area (TPSA) is 56.0 Å². The van der Waals surface area contributed by atoms with Gasteiger partial charge in [-0.25, -0.2) is 9.97 Å². The summed E-state index contributed by atoms with van der Waals surface area (Å²) in [5.41, 5.74) is 0.435. The van der Waals surface area contributed by atoms with Gasteiger partial charge < -0.3 is 4.90 Å². The summed E-state index contributed by atoms with van der Waals surface area (Å²) in [5, 5.41) is 8.84. The summed E-state index contributed by atoms with van der Waals surface area (Å²) in [5.74, 6) is 0.679. The van der Waals surface area contributed by atoms with Crippen LogP contribution in [0.3, 0.4) is 0 Å². The Kier molecular flexibility index (Phi) is 4.11. The standard InChI is InChI=1S/C13H19N5/c1-3-11(2)17-6-8-18(9-7-17)13-15-5-4-12(10-14)16-13/h4-5,11H,3,6-9H2,1-2H3. The van der Waals surface area contributed by atoms with Crippen molar-refractivity contribution in [1.29, 1.82) is 5.26 Å². The van der Waals surface area contributed by atoms with Crippen molar-refractivity contribution in [2.75, 3.05) is 31.1 Å². The van der Waals surface area contributed by atoms with Crippen LogP contribution >= 0.6 is 0 Å². The van der Waals surface area contributed by atoms with Crippen LogP contribution in [0.25, 0.3) is 0 Å². The zero-order chi connectivity index (χ0) is 13.0. The smallest absolute Gasteiger partial charge is 0.226 e. The Balaban J connectivity index is 1.99. The lowest BCUT2D eigenvalue weighted by molar-refractivity contribution is 0.192. The van der Waals surface area contributed by atoms with E-state index in [1.165, 1.54) is 6.42 Å². The van der Waals surface area contributed by atoms with E-state index >= 15 is 0 Å². The Labute approximate surface area is 108 Å². The molecular weight excluding hydrogens is 226 g/mol. The SMILES string of the molecule is CCC(C)N1CCN(c2nccc(C#N)n2)CC1. The average Bonchev–Trinajstić information content (AvgIpc) is 2.46. The summed E-state index contributed by atoms with van der Waals surface area (Å²) in [7, 11) is 0. The first-order valence-corrected chi connectivity index (χ1v) is 6.46. The summed E-state index contributed by atoms with van der Waals surface area (Å²) in [6.45, 7) is 8.42. The predicted molar refractivity (Wildman–Crippen MR) is 70.3 cm³/mol. The van der Waals surface area contributed by atoms with Crippen LogP contribution in [0.5, 0.6) is 0 Å². The van der Waals surface area contributed by atoms with Gasteiger partial charge in [0.05, 0.1) is 0 Å². The number of rotatable bonds is 3. The van der Waals surface area contributed by atoms with Crippen LogP contribution in [0.2, 0.25) is 0 Å². The highest BCUT2D eigenvalue weighted by molar-refractivity contribution is 5.34. The first-order chi connectivity index (χ1) is 8.74. The Morgan fingerprint density at radius 1 is 1.39 bits per heavy atom. The van der Waals surface area contributed by atoms with E-state index in [0.717, 1.165) is 26.2 Å². The molecule has 1 unspecified atom stereocenters. The molecule has 5 heteroatoms. The molecule has 1 aromatic rings. The summed E-state index contributed by atoms with van der Waals surface area (Å²) >= 11 is 0. The van der Waals surface area contributed by atoms with E-state index in [0.29, 0.717) is 17.7 Å². The molecule has 0 aromatic carbocycles. The minimum atomic E-state index is 0.435. The molecule has 18 heavy (non-hydrogen) atoms. The van der Waals surface area contributed by atoms with Crippen LogP contribution in [0.4, 0.5) is 5.95 Å². The number of nitriles is 1. The van der Waals surface area contributed by atoms with Gasteiger partial charge in [-0.2, -0.15) is 5.26 Å². The number of piperazine rings is 1. The number of hydrogen-bond donors (Lipinski definition) is 0. The molecule has 1 aromatic heterocycles. The maximum atomic E-state index is 8.84. The molecule has 0 spiro atoms. The first kappa shape index (κ1) is 12.8. The van der Waals surface area contributed by atoms with Gasteiger partial charge in [0.2, 0.25) is 5.95 Å². The van der Waals surface area contributed by atoms with Gasteiger partial charge in [0.15, 0.2) is 0 Å². The second-order valence-electron chi connectivity index (χ2n) is 4.63. The van der Waals surface area contributed by atoms with Crippen molar-refractivity contribution in [3.63, 3.8) is 0 Å². The van der Waals surface area contributed by atoms with E-state index in [4.69, 9.17) is 5.26 Å². The fraction of sp³-hybridized carbons (Fsp3) is 0.615. The molecule has 1 saturated heterocycles. The second kappa shape index (κ2) is 5.78. The molecule has 0 amide bonds. The van der Waals surface area contributed by atoms with E-state index in [-0.39, 0.29) is 0 Å². The highest BCUT2D eigenvalue weighted by Gasteiger charge is 2.21. The molecule has 0 aliphatic carbocycles. The van der Waals surface area contributed by atoms with Gasteiger partial charge in [0.1, 0.15) is 11.8 Å². The van der Waals surface area contributed by atoms with Crippen LogP contribution in [-0.4, -0.2) is 47.1 Å². The Bertz CT molecular complexity index is 431. The maximum absolute atomic E-state index is 8.84. The van der Waals surface area contributed by atoms with Crippen LogP contribution in [0.15, 0.2) is 12.3 Å². The Morgan fingerprint density at radius 3 is 2.72 bits per heavy atom. The third-order valence-corrected chi connectivity index (χ3v) is 3.57. The summed E-state index contributed by atoms with van der Waals surface area (Å²) in [4.78, 5) is 13.1. The lowest BCUT2D eigenvalue weighted by Gasteiger charge is -2.37. The third-order valence-electron chi connectivity index (χ3n) is 3.57. The second-order valence-corrected chi connectivity index (χ2v) is 4.63. The molecule has 1 aliphatic heterocycles. The van der Waals surface area contributed by atoms with Crippen LogP contribution in [-0.2, 0) is 0 Å². The first-order valence-electron chi connectivity index (χ1n) is 6.46. The van der Waals surface area contributed by atoms with Crippen molar-refractivity contribution in [3.8, 4) is 6.07 Å². The molecule has 0 saturated carbocycles. The molecule has 1 fully saturated rings. The van der Waals surface area contributed by atoms with Gasteiger partial charge in [-0.15, -0.1) is 0 Å². The van der Waals surface area contributed by atoms with Gasteiger partial charge in [0.25, 0.3) is 0 Å². The number of nitrogens with zero attached hydrogens (tertiary/aromatic N) is 5. The van der Waals surface area contributed by atoms with Crippen molar-refractivity contribution in [2.24, 2.45) is 0 Å². The molecule has 2 rings (SSSR count). The maximum Gasteiger partial charge on any atom is 0.226 e. The minimum Gasteiger partial charge on any atom is -0.338 e. The molecule has 0 N–H and O–H groups in total. The summed E-state index contributed by atoms with van der Waals surface area (Å²) in [6, 6.07) is 4.33. The molecule has 2 heterocycles. The normalized spacial score (nSPS) is 18.4. The van der Waals surface area contributed by atoms with E-state index in [9.17, 15) is 0 Å². The quantitative estimate of drug-likeness (QED) is 0.802. The highest BCUT2D eigenvalue weighted by atomic mass is 15.3. The van der Waals surface area contributed by atoms with E-state index in [1.807, 2.05) is 0 Å². The predicted octanol–water partition coefficient (Wildman–Crippen LogP) is 1.27. The number of aromatic nitrogens is 2. The van der Waals surface area contributed by atoms with Gasteiger partial charge >= 0.3 is 0 Å². The van der Waals surface area contributed by atoms with Crippen molar-refractivity contribution in [1.82, 2.24) is 14.9 Å². The Hall–Kier alpha value is -1.67. The zero-order valence-corrected chi connectivity index (χ0v) is 11.0. The highest BCUT2D eigenvalue weighted by Crippen LogP contribution is 2.13. The number of hydrogen-bond acceptors (Lipinski definition) is 5. The van der Waals surface area contributed by atoms with Gasteiger partial charge in [-0.1, -0.05) is 6.92 Å². The Morgan fingerprint density at radius 2 is 2.11 bits per heavy atom. The van der Waals surface area contributed by atoms with E-state index in [1.54, 1.807) is 12.3 Å². The van der Waals surface area contributed by atoms with Crippen LogP contribution in [0.1, 0.15) is 26.0 Å². The van der Waals surface area contributed by atoms with Crippen molar-refractivity contribution >= 4 is 5.95 Å². The fourth-order valence-corrected chi connectivity index (χ4v) is 2.18. The average molecular weight is 245 g/mol. The van der Waals surface area contributed by atoms with Crippen molar-refractivity contribution in [2.45, 2.75) is 26.3 Å². The molecule has 5 nitrogen and oxygen atoms in total. The molecule has 1 aliphatic rings. The minimum absolute atomic E-state index is 0.435. The molecule has 96 valence electrons. The number of anilines is 1. The lowest BCUT2D eigenvalue weighted by atomic mass is 10.2. The van der Waals surface area contributed by atoms with Crippen LogP contribution < -0.4 is 4.90 Å². The van der Waals surface area contributed by atoms with Crippen molar-refractivity contribution in [3.05, 3.63) is 18.0 Å². The molecule has 0 bridgehead atoms. The molecule has 1 atom stereocenters. The molecule has 0 radical (unpaired) electrons. The summed E-state index contributed by atoms with van der Waals surface area (Å²) in [6.07, 6.45) is 2.84. The van der Waals surface area contributed by atoms with E-state index in [2.05, 4.69) is 39.7 Å². The van der Waals surface area contributed by atoms with Gasteiger partial charge in [-0.3, -0.25) is 4.90 Å². The zero-order valence-electron chi connectivity index (χ0n) is 11.0. The lowest BCUT2D eigenvalue weighted by Crippen LogP contribution is -2.50. The van der Waals surface area contributed by atoms with Crippen molar-refractivity contribution < 1.29 is 0 Å². The van der Waals surface area contributed by atoms with Gasteiger partial charge in [-0.05, 0) is 19.4 Å². The largest absolute Gasteiger partial charge is 0.338 e. The molecular formula is C13H19N5.